The van der Waals surface area contributed by atoms with E-state index < -0.39 is 5.56 Å². The van der Waals surface area contributed by atoms with Crippen LogP contribution in [-0.4, -0.2) is 23.8 Å². The molecule has 2 N–H and O–H groups in total. The van der Waals surface area contributed by atoms with Gasteiger partial charge >= 0.3 is 5.69 Å². The molecule has 1 aliphatic rings. The van der Waals surface area contributed by atoms with Crippen molar-refractivity contribution in [3.63, 3.8) is 0 Å². The van der Waals surface area contributed by atoms with Crippen LogP contribution < -0.4 is 25.7 Å². The van der Waals surface area contributed by atoms with Gasteiger partial charge in [-0.05, 0) is 49.4 Å². The van der Waals surface area contributed by atoms with Crippen LogP contribution in [-0.2, 0) is 0 Å². The number of pyridine rings is 1. The number of nitrogens with one attached hydrogen (secondary N) is 2. The van der Waals surface area contributed by atoms with Gasteiger partial charge in [-0.25, -0.2) is 9.78 Å². The zero-order chi connectivity index (χ0) is 19.7. The predicted molar refractivity (Wildman–Crippen MR) is 106 cm³/mol. The molecule has 0 bridgehead atoms. The second-order valence-electron chi connectivity index (χ2n) is 7.11. The molecule has 0 aliphatic heterocycles. The van der Waals surface area contributed by atoms with E-state index >= 15 is 0 Å². The lowest BCUT2D eigenvalue weighted by molar-refractivity contribution is -0.350. The molecular formula is C21H24N3O4+. The fraction of sp³-hybridized carbons (Fsp3) is 0.381. The SMILES string of the molecule is COc1ccc(-c2cc[nH+]c3c2c(=O)[nH]c(=O)n3C2CCCCC2)cc1OC. The summed E-state index contributed by atoms with van der Waals surface area (Å²) < 4.78 is 12.4. The Hall–Kier alpha value is -3.09. The molecule has 0 atom stereocenters. The third-order valence-electron chi connectivity index (χ3n) is 5.52. The number of H-pyrrole nitrogens is 2. The first kappa shape index (κ1) is 18.3. The van der Waals surface area contributed by atoms with Crippen LogP contribution >= 0.6 is 0 Å². The summed E-state index contributed by atoms with van der Waals surface area (Å²) in [7, 11) is 3.16. The van der Waals surface area contributed by atoms with Crippen molar-refractivity contribution in [1.82, 2.24) is 9.55 Å². The summed E-state index contributed by atoms with van der Waals surface area (Å²) >= 11 is 0. The van der Waals surface area contributed by atoms with E-state index in [-0.39, 0.29) is 11.7 Å². The highest BCUT2D eigenvalue weighted by atomic mass is 16.5. The molecule has 7 heteroatoms. The van der Waals surface area contributed by atoms with Crippen molar-refractivity contribution >= 4 is 11.0 Å². The Balaban J connectivity index is 1.96. The number of fused-ring (bicyclic) bond motifs is 1. The number of hydrogen-bond acceptors (Lipinski definition) is 4. The molecule has 1 saturated carbocycles. The van der Waals surface area contributed by atoms with Gasteiger partial charge in [0.15, 0.2) is 11.5 Å². The molecular weight excluding hydrogens is 358 g/mol. The number of rotatable bonds is 4. The van der Waals surface area contributed by atoms with E-state index in [0.717, 1.165) is 36.8 Å². The smallest absolute Gasteiger partial charge is 0.416 e. The average molecular weight is 382 g/mol. The highest BCUT2D eigenvalue weighted by Gasteiger charge is 2.27. The normalized spacial score (nSPS) is 14.9. The maximum atomic E-state index is 12.8. The molecule has 3 aromatic rings. The number of benzene rings is 1. The highest BCUT2D eigenvalue weighted by molar-refractivity contribution is 5.90. The second kappa shape index (κ2) is 7.50. The van der Waals surface area contributed by atoms with Gasteiger partial charge in [-0.2, -0.15) is 4.57 Å². The van der Waals surface area contributed by atoms with E-state index in [9.17, 15) is 9.59 Å². The van der Waals surface area contributed by atoms with Crippen LogP contribution in [0.25, 0.3) is 22.2 Å². The summed E-state index contributed by atoms with van der Waals surface area (Å²) in [6.45, 7) is 0. The minimum absolute atomic E-state index is 0.0949. The van der Waals surface area contributed by atoms with Gasteiger partial charge in [0.25, 0.3) is 11.2 Å². The fourth-order valence-corrected chi connectivity index (χ4v) is 4.16. The lowest BCUT2D eigenvalue weighted by atomic mass is 9.95. The number of aromatic amines is 2. The summed E-state index contributed by atoms with van der Waals surface area (Å²) in [6, 6.07) is 7.46. The summed E-state index contributed by atoms with van der Waals surface area (Å²) in [5.41, 5.74) is 1.36. The summed E-state index contributed by atoms with van der Waals surface area (Å²) in [5, 5.41) is 0.472. The first-order valence-electron chi connectivity index (χ1n) is 9.55. The summed E-state index contributed by atoms with van der Waals surface area (Å²) in [5.74, 6) is 1.20. The van der Waals surface area contributed by atoms with Crippen LogP contribution in [0.1, 0.15) is 38.1 Å². The number of methoxy groups -OCH3 is 2. The third kappa shape index (κ3) is 3.06. The van der Waals surface area contributed by atoms with Crippen LogP contribution in [0.4, 0.5) is 0 Å². The molecule has 146 valence electrons. The van der Waals surface area contributed by atoms with Crippen molar-refractivity contribution in [3.8, 4) is 22.6 Å². The Bertz CT molecular complexity index is 1130. The Labute approximate surface area is 162 Å². The number of ether oxygens (including phenoxy) is 2. The fourth-order valence-electron chi connectivity index (χ4n) is 4.16. The van der Waals surface area contributed by atoms with E-state index in [1.807, 2.05) is 24.3 Å². The monoisotopic (exact) mass is 382 g/mol. The van der Waals surface area contributed by atoms with E-state index in [1.165, 1.54) is 6.42 Å². The summed E-state index contributed by atoms with van der Waals surface area (Å²) in [4.78, 5) is 31.1. The highest BCUT2D eigenvalue weighted by Crippen LogP contribution is 2.34. The molecule has 1 aromatic carbocycles. The molecule has 1 fully saturated rings. The van der Waals surface area contributed by atoms with Crippen LogP contribution in [0.5, 0.6) is 11.5 Å². The minimum Gasteiger partial charge on any atom is -0.493 e. The maximum Gasteiger partial charge on any atom is 0.416 e. The maximum absolute atomic E-state index is 12.8. The van der Waals surface area contributed by atoms with Crippen molar-refractivity contribution < 1.29 is 14.5 Å². The van der Waals surface area contributed by atoms with Crippen molar-refractivity contribution in [2.24, 2.45) is 0 Å². The quantitative estimate of drug-likeness (QED) is 0.751. The lowest BCUT2D eigenvalue weighted by Gasteiger charge is -2.20. The molecule has 1 aliphatic carbocycles. The van der Waals surface area contributed by atoms with E-state index in [1.54, 1.807) is 25.0 Å². The van der Waals surface area contributed by atoms with E-state index in [4.69, 9.17) is 9.47 Å². The molecule has 4 rings (SSSR count). The topological polar surface area (TPSA) is 87.5 Å². The predicted octanol–water partition coefficient (Wildman–Crippen LogP) is 2.69. The standard InChI is InChI=1S/C21H23N3O4/c1-27-16-9-8-13(12-17(16)28-2)15-10-11-22-19-18(15)20(25)23-21(26)24(19)14-6-4-3-5-7-14/h8-12,14H,3-7H2,1-2H3,(H,23,25,26)/p+1. The lowest BCUT2D eigenvalue weighted by Crippen LogP contribution is -2.36. The number of aromatic nitrogens is 3. The van der Waals surface area contributed by atoms with Crippen LogP contribution in [0, 0.1) is 0 Å². The Morgan fingerprint density at radius 2 is 1.79 bits per heavy atom. The zero-order valence-corrected chi connectivity index (χ0v) is 16.1. The second-order valence-corrected chi connectivity index (χ2v) is 7.11. The average Bonchev–Trinajstić information content (AvgIpc) is 2.73. The van der Waals surface area contributed by atoms with Crippen molar-refractivity contribution in [2.75, 3.05) is 14.2 Å². The van der Waals surface area contributed by atoms with Gasteiger partial charge < -0.3 is 9.47 Å². The van der Waals surface area contributed by atoms with Crippen LogP contribution in [0.2, 0.25) is 0 Å². The largest absolute Gasteiger partial charge is 0.493 e. The van der Waals surface area contributed by atoms with Gasteiger partial charge in [0.2, 0.25) is 0 Å². The molecule has 0 saturated heterocycles. The van der Waals surface area contributed by atoms with Crippen LogP contribution in [0.15, 0.2) is 40.1 Å². The van der Waals surface area contributed by atoms with Crippen LogP contribution in [0.3, 0.4) is 0 Å². The first-order valence-corrected chi connectivity index (χ1v) is 9.55. The third-order valence-corrected chi connectivity index (χ3v) is 5.52. The number of nitrogens with zero attached hydrogens (tertiary/aromatic N) is 1. The van der Waals surface area contributed by atoms with Crippen molar-refractivity contribution in [2.45, 2.75) is 38.1 Å². The number of hydrogen-bond donors (Lipinski definition) is 1. The van der Waals surface area contributed by atoms with Crippen molar-refractivity contribution in [1.29, 1.82) is 0 Å². The van der Waals surface area contributed by atoms with Gasteiger partial charge in [0.05, 0.1) is 20.4 Å². The van der Waals surface area contributed by atoms with E-state index in [2.05, 4.69) is 9.97 Å². The zero-order valence-electron chi connectivity index (χ0n) is 16.1. The van der Waals surface area contributed by atoms with Gasteiger partial charge in [-0.3, -0.25) is 9.78 Å². The van der Waals surface area contributed by atoms with Gasteiger partial charge in [0, 0.05) is 5.56 Å². The molecule has 0 radical (unpaired) electrons. The molecule has 0 unspecified atom stereocenters. The van der Waals surface area contributed by atoms with Crippen molar-refractivity contribution in [3.05, 3.63) is 51.3 Å². The molecule has 28 heavy (non-hydrogen) atoms. The Morgan fingerprint density at radius 1 is 1.04 bits per heavy atom. The minimum atomic E-state index is -0.395. The molecule has 2 aromatic heterocycles. The van der Waals surface area contributed by atoms with Gasteiger partial charge in [-0.15, -0.1) is 0 Å². The molecule has 7 nitrogen and oxygen atoms in total. The van der Waals surface area contributed by atoms with Gasteiger partial charge in [0.1, 0.15) is 11.4 Å². The molecule has 0 spiro atoms. The molecule has 2 heterocycles. The summed E-state index contributed by atoms with van der Waals surface area (Å²) in [6.07, 6.45) is 7.02. The Morgan fingerprint density at radius 3 is 2.50 bits per heavy atom. The first-order chi connectivity index (χ1) is 13.6. The van der Waals surface area contributed by atoms with E-state index in [0.29, 0.717) is 22.5 Å². The Kier molecular flexibility index (Phi) is 4.90. The molecule has 0 amide bonds. The van der Waals surface area contributed by atoms with Gasteiger partial charge in [-0.1, -0.05) is 12.5 Å².